The molecule has 106 valence electrons. The molecule has 3 aromatic rings. The molecule has 0 aliphatic rings. The third kappa shape index (κ3) is 2.40. The first-order valence-corrected chi connectivity index (χ1v) is 6.76. The molecule has 0 amide bonds. The Balaban J connectivity index is 2.10. The number of phenols is 1. The average molecular weight is 280 g/mol. The number of benzene rings is 2. The lowest BCUT2D eigenvalue weighted by atomic mass is 10.00. The van der Waals surface area contributed by atoms with Gasteiger partial charge in [-0.1, -0.05) is 29.8 Å². The highest BCUT2D eigenvalue weighted by Gasteiger charge is 2.16. The Hall–Kier alpha value is -2.62. The maximum Gasteiger partial charge on any atom is 0.251 e. The van der Waals surface area contributed by atoms with Gasteiger partial charge in [0.15, 0.2) is 0 Å². The van der Waals surface area contributed by atoms with Crippen molar-refractivity contribution in [2.75, 3.05) is 0 Å². The molecule has 1 N–H and O–H groups in total. The molecule has 4 heteroatoms. The number of rotatable bonds is 2. The van der Waals surface area contributed by atoms with Gasteiger partial charge in [-0.3, -0.25) is 0 Å². The predicted octanol–water partition coefficient (Wildman–Crippen LogP) is 4.03. The van der Waals surface area contributed by atoms with Crippen LogP contribution < -0.4 is 0 Å². The monoisotopic (exact) mass is 280 g/mol. The number of phenolic OH excluding ortho intramolecular Hbond substituents is 1. The van der Waals surface area contributed by atoms with Crippen LogP contribution in [-0.4, -0.2) is 15.3 Å². The molecule has 0 radical (unpaired) electrons. The van der Waals surface area contributed by atoms with Gasteiger partial charge < -0.3 is 9.52 Å². The Kier molecular flexibility index (Phi) is 3.22. The summed E-state index contributed by atoms with van der Waals surface area (Å²) in [4.78, 5) is 0. The molecule has 0 atom stereocenters. The summed E-state index contributed by atoms with van der Waals surface area (Å²) in [5, 5.41) is 18.0. The highest BCUT2D eigenvalue weighted by molar-refractivity contribution is 5.67. The van der Waals surface area contributed by atoms with E-state index >= 15 is 0 Å². The smallest absolute Gasteiger partial charge is 0.251 e. The van der Waals surface area contributed by atoms with E-state index in [0.29, 0.717) is 17.3 Å². The minimum Gasteiger partial charge on any atom is -0.507 e. The van der Waals surface area contributed by atoms with Crippen LogP contribution in [0.2, 0.25) is 0 Å². The maximum atomic E-state index is 9.86. The molecule has 4 nitrogen and oxygen atoms in total. The third-order valence-corrected chi connectivity index (χ3v) is 3.45. The number of hydrogen-bond donors (Lipinski definition) is 1. The van der Waals surface area contributed by atoms with Gasteiger partial charge in [0.2, 0.25) is 5.89 Å². The first-order chi connectivity index (χ1) is 10.1. The van der Waals surface area contributed by atoms with Crippen molar-refractivity contribution >= 4 is 0 Å². The molecule has 1 heterocycles. The Morgan fingerprint density at radius 1 is 0.905 bits per heavy atom. The van der Waals surface area contributed by atoms with Gasteiger partial charge in [-0.05, 0) is 44.0 Å². The number of aromatic nitrogens is 2. The van der Waals surface area contributed by atoms with E-state index in [1.165, 1.54) is 5.56 Å². The van der Waals surface area contributed by atoms with Gasteiger partial charge >= 0.3 is 0 Å². The number of hydrogen-bond acceptors (Lipinski definition) is 4. The highest BCUT2D eigenvalue weighted by Crippen LogP contribution is 2.32. The summed E-state index contributed by atoms with van der Waals surface area (Å²) >= 11 is 0. The van der Waals surface area contributed by atoms with E-state index in [9.17, 15) is 5.11 Å². The van der Waals surface area contributed by atoms with Crippen molar-refractivity contribution in [1.82, 2.24) is 10.2 Å². The molecule has 0 saturated carbocycles. The Morgan fingerprint density at radius 2 is 1.52 bits per heavy atom. The highest BCUT2D eigenvalue weighted by atomic mass is 16.4. The minimum atomic E-state index is 0.130. The second-order valence-corrected chi connectivity index (χ2v) is 5.20. The summed E-state index contributed by atoms with van der Waals surface area (Å²) in [6.07, 6.45) is 0. The van der Waals surface area contributed by atoms with E-state index in [2.05, 4.69) is 29.3 Å². The summed E-state index contributed by atoms with van der Waals surface area (Å²) in [6, 6.07) is 11.1. The van der Waals surface area contributed by atoms with E-state index in [-0.39, 0.29) is 5.75 Å². The second kappa shape index (κ2) is 5.05. The first-order valence-electron chi connectivity index (χ1n) is 6.76. The van der Waals surface area contributed by atoms with Gasteiger partial charge in [0, 0.05) is 5.56 Å². The summed E-state index contributed by atoms with van der Waals surface area (Å²) in [5.74, 6) is 0.927. The summed E-state index contributed by atoms with van der Waals surface area (Å²) in [7, 11) is 0. The molecule has 0 saturated heterocycles. The molecule has 0 unspecified atom stereocenters. The SMILES string of the molecule is Cc1cc(C)c(-c2nnc(-c3ccccc3O)o2)c(C)c1. The van der Waals surface area contributed by atoms with Crippen LogP contribution in [0.3, 0.4) is 0 Å². The van der Waals surface area contributed by atoms with Gasteiger partial charge in [0.1, 0.15) is 5.75 Å². The lowest BCUT2D eigenvalue weighted by Crippen LogP contribution is -1.90. The fourth-order valence-corrected chi connectivity index (χ4v) is 2.60. The van der Waals surface area contributed by atoms with Gasteiger partial charge in [-0.2, -0.15) is 0 Å². The summed E-state index contributed by atoms with van der Waals surface area (Å²) in [6.45, 7) is 6.11. The summed E-state index contributed by atoms with van der Waals surface area (Å²) in [5.41, 5.74) is 4.89. The van der Waals surface area contributed by atoms with Crippen molar-refractivity contribution in [1.29, 1.82) is 0 Å². The van der Waals surface area contributed by atoms with E-state index in [0.717, 1.165) is 16.7 Å². The zero-order chi connectivity index (χ0) is 15.0. The Labute approximate surface area is 123 Å². The topological polar surface area (TPSA) is 59.2 Å². The fraction of sp³-hybridized carbons (Fsp3) is 0.176. The lowest BCUT2D eigenvalue weighted by molar-refractivity contribution is 0.473. The van der Waals surface area contributed by atoms with Crippen LogP contribution >= 0.6 is 0 Å². The van der Waals surface area contributed by atoms with Crippen LogP contribution in [0.1, 0.15) is 16.7 Å². The van der Waals surface area contributed by atoms with Crippen molar-refractivity contribution in [3.05, 3.63) is 53.1 Å². The first kappa shape index (κ1) is 13.4. The molecular formula is C17H16N2O2. The zero-order valence-electron chi connectivity index (χ0n) is 12.2. The Morgan fingerprint density at radius 3 is 2.19 bits per heavy atom. The average Bonchev–Trinajstić information content (AvgIpc) is 2.87. The van der Waals surface area contributed by atoms with Gasteiger partial charge in [0.05, 0.1) is 5.56 Å². The quantitative estimate of drug-likeness (QED) is 0.769. The fourth-order valence-electron chi connectivity index (χ4n) is 2.60. The van der Waals surface area contributed by atoms with Crippen LogP contribution in [-0.2, 0) is 0 Å². The molecule has 0 aliphatic carbocycles. The number of aromatic hydroxyl groups is 1. The molecule has 3 rings (SSSR count). The van der Waals surface area contributed by atoms with Gasteiger partial charge in [-0.15, -0.1) is 10.2 Å². The molecule has 0 aliphatic heterocycles. The van der Waals surface area contributed by atoms with E-state index in [4.69, 9.17) is 4.42 Å². The molecule has 21 heavy (non-hydrogen) atoms. The van der Waals surface area contributed by atoms with E-state index in [1.807, 2.05) is 19.9 Å². The van der Waals surface area contributed by atoms with Crippen LogP contribution in [0.25, 0.3) is 22.9 Å². The van der Waals surface area contributed by atoms with Crippen LogP contribution in [0, 0.1) is 20.8 Å². The normalized spacial score (nSPS) is 10.8. The Bertz CT molecular complexity index is 783. The molecular weight excluding hydrogens is 264 g/mol. The van der Waals surface area contributed by atoms with Gasteiger partial charge in [0.25, 0.3) is 5.89 Å². The minimum absolute atomic E-state index is 0.130. The predicted molar refractivity (Wildman–Crippen MR) is 81.0 cm³/mol. The van der Waals surface area contributed by atoms with Crippen molar-refractivity contribution in [2.45, 2.75) is 20.8 Å². The summed E-state index contributed by atoms with van der Waals surface area (Å²) < 4.78 is 5.76. The van der Waals surface area contributed by atoms with Crippen molar-refractivity contribution in [2.24, 2.45) is 0 Å². The standard InChI is InChI=1S/C17H16N2O2/c1-10-8-11(2)15(12(3)9-10)17-19-18-16(21-17)13-6-4-5-7-14(13)20/h4-9,20H,1-3H3. The van der Waals surface area contributed by atoms with E-state index in [1.54, 1.807) is 18.2 Å². The molecule has 1 aromatic heterocycles. The second-order valence-electron chi connectivity index (χ2n) is 5.20. The van der Waals surface area contributed by atoms with Gasteiger partial charge in [-0.25, -0.2) is 0 Å². The zero-order valence-corrected chi connectivity index (χ0v) is 12.2. The molecule has 0 spiro atoms. The van der Waals surface area contributed by atoms with Crippen molar-refractivity contribution in [3.63, 3.8) is 0 Å². The van der Waals surface area contributed by atoms with Crippen molar-refractivity contribution in [3.8, 4) is 28.7 Å². The van der Waals surface area contributed by atoms with E-state index < -0.39 is 0 Å². The van der Waals surface area contributed by atoms with Crippen molar-refractivity contribution < 1.29 is 9.52 Å². The van der Waals surface area contributed by atoms with Crippen LogP contribution in [0.15, 0.2) is 40.8 Å². The van der Waals surface area contributed by atoms with Crippen LogP contribution in [0.4, 0.5) is 0 Å². The number of aryl methyl sites for hydroxylation is 3. The number of para-hydroxylation sites is 1. The molecule has 0 bridgehead atoms. The largest absolute Gasteiger partial charge is 0.507 e. The maximum absolute atomic E-state index is 9.86. The number of nitrogens with zero attached hydrogens (tertiary/aromatic N) is 2. The molecule has 2 aromatic carbocycles. The lowest BCUT2D eigenvalue weighted by Gasteiger charge is -2.07. The molecule has 0 fully saturated rings. The van der Waals surface area contributed by atoms with Crippen LogP contribution in [0.5, 0.6) is 5.75 Å². The third-order valence-electron chi connectivity index (χ3n) is 3.45.